The zero-order valence-electron chi connectivity index (χ0n) is 18.9. The van der Waals surface area contributed by atoms with Gasteiger partial charge in [0, 0.05) is 24.7 Å². The van der Waals surface area contributed by atoms with Crippen LogP contribution in [0.15, 0.2) is 24.3 Å². The van der Waals surface area contributed by atoms with Crippen LogP contribution in [0.5, 0.6) is 0 Å². The highest BCUT2D eigenvalue weighted by Crippen LogP contribution is 2.21. The third-order valence-corrected chi connectivity index (χ3v) is 5.29. The molecule has 0 atom stereocenters. The summed E-state index contributed by atoms with van der Waals surface area (Å²) in [6.07, 6.45) is 2.94. The molecule has 0 spiro atoms. The van der Waals surface area contributed by atoms with Gasteiger partial charge >= 0.3 is 0 Å². The number of para-hydroxylation sites is 1. The molecule has 1 heterocycles. The summed E-state index contributed by atoms with van der Waals surface area (Å²) in [6, 6.07) is 7.38. The van der Waals surface area contributed by atoms with E-state index in [1.807, 2.05) is 26.8 Å². The summed E-state index contributed by atoms with van der Waals surface area (Å²) < 4.78 is 0. The minimum atomic E-state index is -0.237. The minimum absolute atomic E-state index is 0.0276. The summed E-state index contributed by atoms with van der Waals surface area (Å²) in [4.78, 5) is 41.5. The Labute approximate surface area is 184 Å². The Kier molecular flexibility index (Phi) is 7.67. The van der Waals surface area contributed by atoms with Crippen molar-refractivity contribution in [2.24, 2.45) is 0 Å². The van der Waals surface area contributed by atoms with E-state index in [9.17, 15) is 14.4 Å². The lowest BCUT2D eigenvalue weighted by molar-refractivity contribution is -0.123. The average molecular weight is 430 g/mol. The van der Waals surface area contributed by atoms with Gasteiger partial charge in [0.2, 0.25) is 11.8 Å². The fourth-order valence-electron chi connectivity index (χ4n) is 3.68. The molecule has 1 saturated heterocycles. The highest BCUT2D eigenvalue weighted by molar-refractivity contribution is 6.04. The largest absolute Gasteiger partial charge is 0.350 e. The molecular formula is C23H35N5O3. The number of nitrogens with zero attached hydrogens (tertiary/aromatic N) is 2. The predicted octanol–water partition coefficient (Wildman–Crippen LogP) is 1.44. The first-order chi connectivity index (χ1) is 14.7. The first kappa shape index (κ1) is 23.2. The minimum Gasteiger partial charge on any atom is -0.350 e. The van der Waals surface area contributed by atoms with Gasteiger partial charge in [0.25, 0.3) is 5.91 Å². The number of carbonyl (C=O) groups is 3. The quantitative estimate of drug-likeness (QED) is 0.610. The van der Waals surface area contributed by atoms with Crippen molar-refractivity contribution in [3.63, 3.8) is 0 Å². The van der Waals surface area contributed by atoms with E-state index in [1.54, 1.807) is 18.2 Å². The van der Waals surface area contributed by atoms with Crippen molar-refractivity contribution >= 4 is 23.4 Å². The van der Waals surface area contributed by atoms with Crippen LogP contribution in [0.3, 0.4) is 0 Å². The van der Waals surface area contributed by atoms with Crippen molar-refractivity contribution in [2.75, 3.05) is 44.6 Å². The molecule has 0 radical (unpaired) electrons. The van der Waals surface area contributed by atoms with Gasteiger partial charge in [-0.25, -0.2) is 0 Å². The fourth-order valence-corrected chi connectivity index (χ4v) is 3.68. The van der Waals surface area contributed by atoms with Crippen LogP contribution >= 0.6 is 0 Å². The zero-order valence-corrected chi connectivity index (χ0v) is 18.9. The second-order valence-electron chi connectivity index (χ2n) is 9.55. The highest BCUT2D eigenvalue weighted by atomic mass is 16.2. The zero-order chi connectivity index (χ0) is 22.4. The van der Waals surface area contributed by atoms with Crippen LogP contribution in [0, 0.1) is 0 Å². The van der Waals surface area contributed by atoms with Gasteiger partial charge in [0.05, 0.1) is 24.3 Å². The summed E-state index contributed by atoms with van der Waals surface area (Å²) in [5.41, 5.74) is 0.800. The van der Waals surface area contributed by atoms with E-state index in [2.05, 4.69) is 25.8 Å². The Morgan fingerprint density at radius 1 is 0.935 bits per heavy atom. The highest BCUT2D eigenvalue weighted by Gasteiger charge is 2.25. The number of hydrogen-bond acceptors (Lipinski definition) is 5. The number of carbonyl (C=O) groups excluding carboxylic acids is 3. The molecule has 1 saturated carbocycles. The van der Waals surface area contributed by atoms with Crippen LogP contribution in [0.4, 0.5) is 5.69 Å². The molecule has 8 heteroatoms. The fraction of sp³-hybridized carbons (Fsp3) is 0.609. The molecule has 2 fully saturated rings. The van der Waals surface area contributed by atoms with Crippen LogP contribution in [0.25, 0.3) is 0 Å². The second kappa shape index (κ2) is 10.2. The number of hydrogen-bond donors (Lipinski definition) is 3. The first-order valence-corrected chi connectivity index (χ1v) is 11.1. The lowest BCUT2D eigenvalue weighted by Crippen LogP contribution is -2.46. The number of benzene rings is 1. The molecule has 1 aliphatic carbocycles. The molecule has 1 aromatic rings. The van der Waals surface area contributed by atoms with Crippen molar-refractivity contribution in [3.8, 4) is 0 Å². The molecule has 3 rings (SSSR count). The number of nitrogens with one attached hydrogen (secondary N) is 3. The van der Waals surface area contributed by atoms with Crippen molar-refractivity contribution in [1.82, 2.24) is 20.4 Å². The van der Waals surface area contributed by atoms with Gasteiger partial charge in [0.1, 0.15) is 0 Å². The summed E-state index contributed by atoms with van der Waals surface area (Å²) in [5, 5.41) is 8.87. The maximum Gasteiger partial charge on any atom is 0.253 e. The van der Waals surface area contributed by atoms with Crippen molar-refractivity contribution in [3.05, 3.63) is 29.8 Å². The molecule has 3 amide bonds. The van der Waals surface area contributed by atoms with Gasteiger partial charge in [-0.05, 0) is 65.3 Å². The molecule has 2 aliphatic rings. The van der Waals surface area contributed by atoms with E-state index in [0.29, 0.717) is 17.8 Å². The molecular weight excluding hydrogens is 394 g/mol. The summed E-state index contributed by atoms with van der Waals surface area (Å²) in [6.45, 7) is 9.66. The number of rotatable bonds is 7. The Hall–Kier alpha value is -2.45. The van der Waals surface area contributed by atoms with Crippen molar-refractivity contribution in [2.45, 2.75) is 51.6 Å². The van der Waals surface area contributed by atoms with Gasteiger partial charge in [-0.15, -0.1) is 0 Å². The summed E-state index contributed by atoms with van der Waals surface area (Å²) in [7, 11) is 0. The van der Waals surface area contributed by atoms with Crippen molar-refractivity contribution in [1.29, 1.82) is 0 Å². The van der Waals surface area contributed by atoms with E-state index < -0.39 is 0 Å². The predicted molar refractivity (Wildman–Crippen MR) is 121 cm³/mol. The standard InChI is InChI=1S/C23H35N5O3/c1-23(2,3)26-21(30)16-28-12-6-11-27(13-14-28)15-20(29)25-19-8-5-4-7-18(19)22(31)24-17-9-10-17/h4-5,7-8,17H,6,9-16H2,1-3H3,(H,24,31)(H,25,29)(H,26,30). The second-order valence-corrected chi connectivity index (χ2v) is 9.55. The van der Waals surface area contributed by atoms with Gasteiger partial charge in [-0.3, -0.25) is 24.2 Å². The van der Waals surface area contributed by atoms with E-state index in [4.69, 9.17) is 0 Å². The normalized spacial score (nSPS) is 18.2. The van der Waals surface area contributed by atoms with Crippen molar-refractivity contribution < 1.29 is 14.4 Å². The van der Waals surface area contributed by atoms with Gasteiger partial charge < -0.3 is 16.0 Å². The summed E-state index contributed by atoms with van der Waals surface area (Å²) >= 11 is 0. The molecule has 0 aromatic heterocycles. The Bertz CT molecular complexity index is 801. The van der Waals surface area contributed by atoms with Crippen LogP contribution in [-0.2, 0) is 9.59 Å². The number of amides is 3. The molecule has 1 aromatic carbocycles. The van der Waals surface area contributed by atoms with Crippen LogP contribution in [-0.4, -0.2) is 78.4 Å². The first-order valence-electron chi connectivity index (χ1n) is 11.1. The molecule has 3 N–H and O–H groups in total. The monoisotopic (exact) mass is 429 g/mol. The molecule has 0 bridgehead atoms. The van der Waals surface area contributed by atoms with E-state index in [1.165, 1.54) is 0 Å². The number of anilines is 1. The third kappa shape index (κ3) is 7.95. The average Bonchev–Trinajstić information content (AvgIpc) is 3.49. The van der Waals surface area contributed by atoms with Gasteiger partial charge in [0.15, 0.2) is 0 Å². The molecule has 170 valence electrons. The lowest BCUT2D eigenvalue weighted by Gasteiger charge is -2.25. The van der Waals surface area contributed by atoms with Crippen LogP contribution in [0.2, 0.25) is 0 Å². The van der Waals surface area contributed by atoms with Gasteiger partial charge in [-0.1, -0.05) is 12.1 Å². The van der Waals surface area contributed by atoms with E-state index >= 15 is 0 Å². The van der Waals surface area contributed by atoms with Gasteiger partial charge in [-0.2, -0.15) is 0 Å². The molecule has 8 nitrogen and oxygen atoms in total. The molecule has 31 heavy (non-hydrogen) atoms. The molecule has 0 unspecified atom stereocenters. The smallest absolute Gasteiger partial charge is 0.253 e. The van der Waals surface area contributed by atoms with E-state index in [0.717, 1.165) is 45.4 Å². The topological polar surface area (TPSA) is 93.8 Å². The Morgan fingerprint density at radius 2 is 1.55 bits per heavy atom. The SMILES string of the molecule is CC(C)(C)NC(=O)CN1CCCN(CC(=O)Nc2ccccc2C(=O)NC2CC2)CC1. The maximum atomic E-state index is 12.7. The Morgan fingerprint density at radius 3 is 2.16 bits per heavy atom. The van der Waals surface area contributed by atoms with Crippen LogP contribution < -0.4 is 16.0 Å². The lowest BCUT2D eigenvalue weighted by atomic mass is 10.1. The summed E-state index contributed by atoms with van der Waals surface area (Å²) in [5.74, 6) is -0.247. The maximum absolute atomic E-state index is 12.7. The van der Waals surface area contributed by atoms with Crippen LogP contribution in [0.1, 0.15) is 50.4 Å². The Balaban J connectivity index is 1.48. The molecule has 1 aliphatic heterocycles. The van der Waals surface area contributed by atoms with E-state index in [-0.39, 0.29) is 35.8 Å². The third-order valence-electron chi connectivity index (χ3n) is 5.29.